The van der Waals surface area contributed by atoms with Crippen LogP contribution >= 0.6 is 46.6 Å². The monoisotopic (exact) mass is 362 g/mol. The molecule has 0 aromatic heterocycles. The van der Waals surface area contributed by atoms with Gasteiger partial charge < -0.3 is 9.84 Å². The van der Waals surface area contributed by atoms with Gasteiger partial charge in [-0.05, 0) is 24.5 Å². The highest BCUT2D eigenvalue weighted by Gasteiger charge is 2.18. The first-order valence-corrected chi connectivity index (χ1v) is 8.02. The molecule has 0 aliphatic rings. The first kappa shape index (κ1) is 16.3. The van der Waals surface area contributed by atoms with Crippen molar-refractivity contribution in [2.75, 3.05) is 6.26 Å². The van der Waals surface area contributed by atoms with Crippen LogP contribution in [0, 0.1) is 0 Å². The number of carboxylic acid groups (broad SMARTS) is 1. The fraction of sp³-hybridized carbons (Fsp3) is 0.0714. The van der Waals surface area contributed by atoms with Crippen molar-refractivity contribution in [1.29, 1.82) is 0 Å². The van der Waals surface area contributed by atoms with E-state index in [9.17, 15) is 9.90 Å². The van der Waals surface area contributed by atoms with E-state index in [0.717, 1.165) is 0 Å². The molecule has 7 heteroatoms. The lowest BCUT2D eigenvalue weighted by Crippen LogP contribution is -2.02. The van der Waals surface area contributed by atoms with Gasteiger partial charge in [0, 0.05) is 11.0 Å². The van der Waals surface area contributed by atoms with Gasteiger partial charge in [-0.25, -0.2) is 4.79 Å². The summed E-state index contributed by atoms with van der Waals surface area (Å²) in [5, 5.41) is 10.2. The molecule has 2 aromatic carbocycles. The number of carboxylic acids is 1. The third-order valence-electron chi connectivity index (χ3n) is 2.62. The van der Waals surface area contributed by atoms with E-state index in [4.69, 9.17) is 39.5 Å². The topological polar surface area (TPSA) is 46.5 Å². The summed E-state index contributed by atoms with van der Waals surface area (Å²) < 4.78 is 5.61. The Bertz CT molecular complexity index is 704. The van der Waals surface area contributed by atoms with Gasteiger partial charge in [-0.1, -0.05) is 40.9 Å². The summed E-state index contributed by atoms with van der Waals surface area (Å²) in [5.41, 5.74) is 0.0761. The highest BCUT2D eigenvalue weighted by Crippen LogP contribution is 2.38. The SMILES string of the molecule is CSc1cccc(Oc2cc(Cl)c(Cl)cc2Cl)c1C(=O)O. The van der Waals surface area contributed by atoms with Crippen molar-refractivity contribution >= 4 is 52.5 Å². The molecule has 0 radical (unpaired) electrons. The molecule has 0 fully saturated rings. The standard InChI is InChI=1S/C14H9Cl3O3S/c1-21-12-4-2-3-10(13(12)14(18)19)20-11-6-8(16)7(15)5-9(11)17/h2-6H,1H3,(H,18,19). The molecule has 3 nitrogen and oxygen atoms in total. The number of aromatic carboxylic acids is 1. The summed E-state index contributed by atoms with van der Waals surface area (Å²) in [6.45, 7) is 0. The van der Waals surface area contributed by atoms with E-state index in [-0.39, 0.29) is 27.1 Å². The lowest BCUT2D eigenvalue weighted by Gasteiger charge is -2.13. The van der Waals surface area contributed by atoms with Gasteiger partial charge in [0.15, 0.2) is 0 Å². The Morgan fingerprint density at radius 1 is 1.10 bits per heavy atom. The van der Waals surface area contributed by atoms with Crippen LogP contribution < -0.4 is 4.74 Å². The molecule has 2 aromatic rings. The molecular formula is C14H9Cl3O3S. The average molecular weight is 364 g/mol. The number of carbonyl (C=O) groups is 1. The number of hydrogen-bond donors (Lipinski definition) is 1. The highest BCUT2D eigenvalue weighted by molar-refractivity contribution is 7.98. The summed E-state index contributed by atoms with van der Waals surface area (Å²) >= 11 is 19.1. The minimum Gasteiger partial charge on any atom is -0.478 e. The van der Waals surface area contributed by atoms with Crippen LogP contribution in [0.1, 0.15) is 10.4 Å². The maximum absolute atomic E-state index is 11.4. The van der Waals surface area contributed by atoms with E-state index < -0.39 is 5.97 Å². The molecule has 1 N–H and O–H groups in total. The molecule has 0 amide bonds. The number of ether oxygens (including phenoxy) is 1. The second kappa shape index (κ2) is 6.79. The molecule has 0 aliphatic carbocycles. The predicted molar refractivity (Wildman–Crippen MR) is 86.7 cm³/mol. The van der Waals surface area contributed by atoms with E-state index >= 15 is 0 Å². The Kier molecular flexibility index (Phi) is 5.27. The lowest BCUT2D eigenvalue weighted by atomic mass is 10.2. The molecule has 0 saturated carbocycles. The Morgan fingerprint density at radius 2 is 1.76 bits per heavy atom. The van der Waals surface area contributed by atoms with Gasteiger partial charge in [0.2, 0.25) is 0 Å². The van der Waals surface area contributed by atoms with Gasteiger partial charge in [0.25, 0.3) is 0 Å². The minimum absolute atomic E-state index is 0.0761. The lowest BCUT2D eigenvalue weighted by molar-refractivity contribution is 0.0690. The smallest absolute Gasteiger partial charge is 0.340 e. The summed E-state index contributed by atoms with van der Waals surface area (Å²) in [6.07, 6.45) is 1.79. The van der Waals surface area contributed by atoms with Crippen molar-refractivity contribution < 1.29 is 14.6 Å². The maximum Gasteiger partial charge on any atom is 0.340 e. The van der Waals surface area contributed by atoms with Gasteiger partial charge in [0.05, 0.1) is 15.1 Å². The first-order valence-electron chi connectivity index (χ1n) is 5.66. The quantitative estimate of drug-likeness (QED) is 0.546. The largest absolute Gasteiger partial charge is 0.478 e. The van der Waals surface area contributed by atoms with Crippen LogP contribution in [-0.4, -0.2) is 17.3 Å². The highest BCUT2D eigenvalue weighted by atomic mass is 35.5. The first-order chi connectivity index (χ1) is 9.93. The van der Waals surface area contributed by atoms with Gasteiger partial charge >= 0.3 is 5.97 Å². The Labute approximate surface area is 140 Å². The normalized spacial score (nSPS) is 10.5. The second-order valence-corrected chi connectivity index (χ2v) is 6.01. The summed E-state index contributed by atoms with van der Waals surface area (Å²) in [7, 11) is 0. The number of thioether (sulfide) groups is 1. The van der Waals surface area contributed by atoms with Crippen LogP contribution in [-0.2, 0) is 0 Å². The second-order valence-electron chi connectivity index (χ2n) is 3.94. The zero-order valence-electron chi connectivity index (χ0n) is 10.7. The maximum atomic E-state index is 11.4. The van der Waals surface area contributed by atoms with Crippen molar-refractivity contribution in [2.24, 2.45) is 0 Å². The predicted octanol–water partition coefficient (Wildman–Crippen LogP) is 5.86. The van der Waals surface area contributed by atoms with Gasteiger partial charge in [0.1, 0.15) is 17.1 Å². The number of hydrogen-bond acceptors (Lipinski definition) is 3. The van der Waals surface area contributed by atoms with Crippen molar-refractivity contribution in [3.05, 3.63) is 51.0 Å². The minimum atomic E-state index is -1.08. The van der Waals surface area contributed by atoms with Gasteiger partial charge in [-0.2, -0.15) is 0 Å². The van der Waals surface area contributed by atoms with E-state index in [1.54, 1.807) is 24.5 Å². The molecule has 0 saturated heterocycles. The van der Waals surface area contributed by atoms with Gasteiger partial charge in [-0.15, -0.1) is 11.8 Å². The molecule has 0 spiro atoms. The van der Waals surface area contributed by atoms with E-state index in [0.29, 0.717) is 9.92 Å². The van der Waals surface area contributed by atoms with E-state index in [2.05, 4.69) is 0 Å². The number of benzene rings is 2. The molecule has 0 aliphatic heterocycles. The van der Waals surface area contributed by atoms with Crippen LogP contribution in [0.3, 0.4) is 0 Å². The molecule has 0 atom stereocenters. The molecular weight excluding hydrogens is 355 g/mol. The number of rotatable bonds is 4. The summed E-state index contributed by atoms with van der Waals surface area (Å²) in [6, 6.07) is 7.86. The summed E-state index contributed by atoms with van der Waals surface area (Å²) in [5.74, 6) is -0.646. The van der Waals surface area contributed by atoms with Gasteiger partial charge in [-0.3, -0.25) is 0 Å². The Balaban J connectivity index is 2.49. The molecule has 110 valence electrons. The van der Waals surface area contributed by atoms with E-state index in [1.807, 2.05) is 0 Å². The van der Waals surface area contributed by atoms with Crippen LogP contribution in [0.2, 0.25) is 15.1 Å². The van der Waals surface area contributed by atoms with Crippen LogP contribution in [0.25, 0.3) is 0 Å². The molecule has 0 unspecified atom stereocenters. The zero-order chi connectivity index (χ0) is 15.6. The van der Waals surface area contributed by atoms with E-state index in [1.165, 1.54) is 23.9 Å². The zero-order valence-corrected chi connectivity index (χ0v) is 13.8. The Hall–Kier alpha value is -1.07. The molecule has 0 bridgehead atoms. The fourth-order valence-corrected chi connectivity index (χ4v) is 2.86. The van der Waals surface area contributed by atoms with Crippen molar-refractivity contribution in [1.82, 2.24) is 0 Å². The fourth-order valence-electron chi connectivity index (χ4n) is 1.68. The number of halogens is 3. The summed E-state index contributed by atoms with van der Waals surface area (Å²) in [4.78, 5) is 12.0. The van der Waals surface area contributed by atoms with Crippen LogP contribution in [0.15, 0.2) is 35.2 Å². The third kappa shape index (κ3) is 3.58. The molecule has 21 heavy (non-hydrogen) atoms. The van der Waals surface area contributed by atoms with Crippen molar-refractivity contribution in [3.8, 4) is 11.5 Å². The average Bonchev–Trinajstić information content (AvgIpc) is 2.44. The van der Waals surface area contributed by atoms with Crippen LogP contribution in [0.5, 0.6) is 11.5 Å². The Morgan fingerprint density at radius 3 is 2.38 bits per heavy atom. The van der Waals surface area contributed by atoms with Crippen molar-refractivity contribution in [3.63, 3.8) is 0 Å². The third-order valence-corrected chi connectivity index (χ3v) is 4.41. The van der Waals surface area contributed by atoms with Crippen molar-refractivity contribution in [2.45, 2.75) is 4.90 Å². The molecule has 2 rings (SSSR count). The molecule has 0 heterocycles. The van der Waals surface area contributed by atoms with Crippen LogP contribution in [0.4, 0.5) is 0 Å².